The van der Waals surface area contributed by atoms with E-state index >= 15 is 0 Å². The quantitative estimate of drug-likeness (QED) is 0.913. The van der Waals surface area contributed by atoms with E-state index in [1.54, 1.807) is 16.8 Å². The van der Waals surface area contributed by atoms with Gasteiger partial charge in [0, 0.05) is 18.0 Å². The van der Waals surface area contributed by atoms with Crippen molar-refractivity contribution in [1.29, 1.82) is 0 Å². The van der Waals surface area contributed by atoms with Crippen molar-refractivity contribution in [2.75, 3.05) is 0 Å². The van der Waals surface area contributed by atoms with Gasteiger partial charge in [-0.25, -0.2) is 4.68 Å². The molecule has 0 aliphatic heterocycles. The van der Waals surface area contributed by atoms with Crippen LogP contribution in [-0.4, -0.2) is 21.7 Å². The van der Waals surface area contributed by atoms with Crippen molar-refractivity contribution in [2.24, 2.45) is 0 Å². The second kappa shape index (κ2) is 6.74. The first-order valence-electron chi connectivity index (χ1n) is 9.49. The monoisotopic (exact) mass is 355 g/mol. The van der Waals surface area contributed by atoms with Crippen LogP contribution < -0.4 is 10.9 Å². The molecule has 0 spiro atoms. The molecular weight excluding hydrogens is 330 g/mol. The molecule has 6 nitrogen and oxygen atoms in total. The predicted octanol–water partition coefficient (Wildman–Crippen LogP) is 3.24. The van der Waals surface area contributed by atoms with E-state index in [1.165, 1.54) is 12.8 Å². The Labute approximate surface area is 152 Å². The van der Waals surface area contributed by atoms with E-state index in [0.717, 1.165) is 37.1 Å². The molecule has 0 saturated heterocycles. The Balaban J connectivity index is 1.38. The van der Waals surface area contributed by atoms with E-state index in [4.69, 9.17) is 4.42 Å². The molecule has 26 heavy (non-hydrogen) atoms. The fourth-order valence-corrected chi connectivity index (χ4v) is 3.88. The smallest absolute Gasteiger partial charge is 0.267 e. The SMILES string of the molecule is Cc1cc(C(=O)NC2CCC(n3nc(C4CC4)ccc3=O)CC2)c(C)o1. The minimum Gasteiger partial charge on any atom is -0.466 e. The third-order valence-corrected chi connectivity index (χ3v) is 5.50. The summed E-state index contributed by atoms with van der Waals surface area (Å²) in [7, 11) is 0. The van der Waals surface area contributed by atoms with E-state index in [1.807, 2.05) is 19.9 Å². The first kappa shape index (κ1) is 17.1. The van der Waals surface area contributed by atoms with Gasteiger partial charge < -0.3 is 9.73 Å². The molecule has 6 heteroatoms. The molecule has 0 atom stereocenters. The third kappa shape index (κ3) is 3.45. The third-order valence-electron chi connectivity index (χ3n) is 5.50. The Kier molecular flexibility index (Phi) is 4.42. The summed E-state index contributed by atoms with van der Waals surface area (Å²) in [5.74, 6) is 1.87. The van der Waals surface area contributed by atoms with Crippen LogP contribution in [0.1, 0.15) is 78.1 Å². The second-order valence-corrected chi connectivity index (χ2v) is 7.62. The number of furan rings is 1. The molecular formula is C20H25N3O3. The van der Waals surface area contributed by atoms with E-state index in [-0.39, 0.29) is 23.6 Å². The topological polar surface area (TPSA) is 77.1 Å². The van der Waals surface area contributed by atoms with Crippen LogP contribution in [0, 0.1) is 13.8 Å². The number of nitrogens with zero attached hydrogens (tertiary/aromatic N) is 2. The number of aryl methyl sites for hydroxylation is 2. The molecule has 2 aromatic heterocycles. The lowest BCUT2D eigenvalue weighted by Crippen LogP contribution is -2.39. The molecule has 0 unspecified atom stereocenters. The molecule has 138 valence electrons. The highest BCUT2D eigenvalue weighted by molar-refractivity contribution is 5.95. The van der Waals surface area contributed by atoms with Crippen LogP contribution in [-0.2, 0) is 0 Å². The molecule has 2 saturated carbocycles. The number of carbonyl (C=O) groups is 1. The van der Waals surface area contributed by atoms with Gasteiger partial charge in [-0.05, 0) is 64.5 Å². The van der Waals surface area contributed by atoms with E-state index in [0.29, 0.717) is 17.2 Å². The van der Waals surface area contributed by atoms with Gasteiger partial charge in [0.1, 0.15) is 11.5 Å². The molecule has 0 radical (unpaired) electrons. The maximum absolute atomic E-state index is 12.4. The van der Waals surface area contributed by atoms with Gasteiger partial charge in [0.15, 0.2) is 0 Å². The molecule has 1 amide bonds. The second-order valence-electron chi connectivity index (χ2n) is 7.62. The number of hydrogen-bond donors (Lipinski definition) is 1. The molecule has 1 N–H and O–H groups in total. The highest BCUT2D eigenvalue weighted by atomic mass is 16.3. The largest absolute Gasteiger partial charge is 0.466 e. The molecule has 0 bridgehead atoms. The normalized spacial score (nSPS) is 23.0. The zero-order valence-corrected chi connectivity index (χ0v) is 15.3. The van der Waals surface area contributed by atoms with Crippen LogP contribution in [0.25, 0.3) is 0 Å². The summed E-state index contributed by atoms with van der Waals surface area (Å²) < 4.78 is 7.12. The summed E-state index contributed by atoms with van der Waals surface area (Å²) >= 11 is 0. The van der Waals surface area contributed by atoms with Crippen LogP contribution >= 0.6 is 0 Å². The lowest BCUT2D eigenvalue weighted by Gasteiger charge is -2.29. The number of amides is 1. The van der Waals surface area contributed by atoms with Crippen molar-refractivity contribution >= 4 is 5.91 Å². The molecule has 2 aliphatic rings. The highest BCUT2D eigenvalue weighted by Crippen LogP contribution is 2.38. The van der Waals surface area contributed by atoms with E-state index in [2.05, 4.69) is 10.4 Å². The van der Waals surface area contributed by atoms with E-state index < -0.39 is 0 Å². The van der Waals surface area contributed by atoms with E-state index in [9.17, 15) is 9.59 Å². The Bertz CT molecular complexity index is 871. The number of rotatable bonds is 4. The zero-order chi connectivity index (χ0) is 18.3. The van der Waals surface area contributed by atoms with Gasteiger partial charge in [-0.15, -0.1) is 0 Å². The number of nitrogens with one attached hydrogen (secondary N) is 1. The minimum atomic E-state index is -0.0752. The molecule has 2 aliphatic carbocycles. The number of carbonyl (C=O) groups excluding carboxylic acids is 1. The van der Waals surface area contributed by atoms with Crippen LogP contribution in [0.15, 0.2) is 27.4 Å². The average molecular weight is 355 g/mol. The standard InChI is InChI=1S/C20H25N3O3/c1-12-11-17(13(2)26-12)20(25)21-15-5-7-16(8-6-15)23-19(24)10-9-18(22-23)14-3-4-14/h9-11,14-16H,3-8H2,1-2H3,(H,21,25). The summed E-state index contributed by atoms with van der Waals surface area (Å²) in [6.45, 7) is 3.65. The highest BCUT2D eigenvalue weighted by Gasteiger charge is 2.29. The Hall–Kier alpha value is -2.37. The van der Waals surface area contributed by atoms with Gasteiger partial charge in [-0.1, -0.05) is 0 Å². The van der Waals surface area contributed by atoms with Crippen molar-refractivity contribution in [3.8, 4) is 0 Å². The van der Waals surface area contributed by atoms with Crippen LogP contribution in [0.2, 0.25) is 0 Å². The van der Waals surface area contributed by atoms with Gasteiger partial charge in [0.25, 0.3) is 11.5 Å². The first-order valence-corrected chi connectivity index (χ1v) is 9.49. The van der Waals surface area contributed by atoms with Gasteiger partial charge in [0.05, 0.1) is 17.3 Å². The molecule has 2 fully saturated rings. The average Bonchev–Trinajstić information content (AvgIpc) is 3.40. The van der Waals surface area contributed by atoms with Crippen LogP contribution in [0.4, 0.5) is 0 Å². The van der Waals surface area contributed by atoms with Gasteiger partial charge in [-0.3, -0.25) is 9.59 Å². The molecule has 4 rings (SSSR count). The fraction of sp³-hybridized carbons (Fsp3) is 0.550. The number of hydrogen-bond acceptors (Lipinski definition) is 4. The fourth-order valence-electron chi connectivity index (χ4n) is 3.88. The minimum absolute atomic E-state index is 0.0219. The molecule has 2 heterocycles. The summed E-state index contributed by atoms with van der Waals surface area (Å²) in [6.07, 6.45) is 5.78. The maximum atomic E-state index is 12.4. The molecule has 0 aromatic carbocycles. The van der Waals surface area contributed by atoms with Gasteiger partial charge in [-0.2, -0.15) is 5.10 Å². The van der Waals surface area contributed by atoms with Crippen LogP contribution in [0.5, 0.6) is 0 Å². The van der Waals surface area contributed by atoms with Gasteiger partial charge in [0.2, 0.25) is 0 Å². The van der Waals surface area contributed by atoms with Crippen molar-refractivity contribution < 1.29 is 9.21 Å². The zero-order valence-electron chi connectivity index (χ0n) is 15.3. The number of aromatic nitrogens is 2. The lowest BCUT2D eigenvalue weighted by atomic mass is 9.91. The Morgan fingerprint density at radius 2 is 1.88 bits per heavy atom. The lowest BCUT2D eigenvalue weighted by molar-refractivity contribution is 0.0919. The van der Waals surface area contributed by atoms with Crippen molar-refractivity contribution in [3.63, 3.8) is 0 Å². The van der Waals surface area contributed by atoms with Crippen molar-refractivity contribution in [2.45, 2.75) is 70.4 Å². The predicted molar refractivity (Wildman–Crippen MR) is 97.4 cm³/mol. The first-order chi connectivity index (χ1) is 12.5. The Morgan fingerprint density at radius 3 is 2.50 bits per heavy atom. The van der Waals surface area contributed by atoms with Crippen molar-refractivity contribution in [1.82, 2.24) is 15.1 Å². The van der Waals surface area contributed by atoms with Crippen LogP contribution in [0.3, 0.4) is 0 Å². The molecule has 2 aromatic rings. The summed E-state index contributed by atoms with van der Waals surface area (Å²) in [6, 6.07) is 5.57. The summed E-state index contributed by atoms with van der Waals surface area (Å²) in [5, 5.41) is 7.72. The maximum Gasteiger partial charge on any atom is 0.267 e. The van der Waals surface area contributed by atoms with Crippen molar-refractivity contribution in [3.05, 3.63) is 51.3 Å². The summed E-state index contributed by atoms with van der Waals surface area (Å²) in [4.78, 5) is 24.7. The van der Waals surface area contributed by atoms with Gasteiger partial charge >= 0.3 is 0 Å². The summed E-state index contributed by atoms with van der Waals surface area (Å²) in [5.41, 5.74) is 1.64. The Morgan fingerprint density at radius 1 is 1.15 bits per heavy atom.